The summed E-state index contributed by atoms with van der Waals surface area (Å²) >= 11 is 10.9. The van der Waals surface area contributed by atoms with Crippen molar-refractivity contribution in [3.05, 3.63) is 34.9 Å². The monoisotopic (exact) mass is 303 g/mol. The second-order valence-electron chi connectivity index (χ2n) is 4.43. The molecule has 98 valence electrons. The number of halogens is 1. The van der Waals surface area contributed by atoms with Crippen molar-refractivity contribution in [2.45, 2.75) is 18.1 Å². The van der Waals surface area contributed by atoms with E-state index < -0.39 is 15.1 Å². The van der Waals surface area contributed by atoms with Gasteiger partial charge in [-0.1, -0.05) is 42.9 Å². The van der Waals surface area contributed by atoms with E-state index in [2.05, 4.69) is 0 Å². The molecule has 1 fully saturated rings. The van der Waals surface area contributed by atoms with Gasteiger partial charge in [0.1, 0.15) is 0 Å². The first-order chi connectivity index (χ1) is 8.38. The lowest BCUT2D eigenvalue weighted by Gasteiger charge is -2.01. The summed E-state index contributed by atoms with van der Waals surface area (Å²) in [6.45, 7) is 1.64. The summed E-state index contributed by atoms with van der Waals surface area (Å²) in [5, 5.41) is 0.104. The summed E-state index contributed by atoms with van der Waals surface area (Å²) in [7, 11) is -3.14. The lowest BCUT2D eigenvalue weighted by atomic mass is 10.1. The molecule has 0 spiro atoms. The second-order valence-corrected chi connectivity index (χ2v) is 7.78. The Morgan fingerprint density at radius 1 is 1.50 bits per heavy atom. The van der Waals surface area contributed by atoms with Crippen LogP contribution >= 0.6 is 23.8 Å². The van der Waals surface area contributed by atoms with Crippen LogP contribution in [0.4, 0.5) is 0 Å². The Morgan fingerprint density at radius 3 is 2.67 bits per heavy atom. The molecule has 1 aliphatic carbocycles. The highest BCUT2D eigenvalue weighted by Crippen LogP contribution is 2.52. The fourth-order valence-corrected chi connectivity index (χ4v) is 4.78. The predicted octanol–water partition coefficient (Wildman–Crippen LogP) is 2.14. The molecule has 0 radical (unpaired) electrons. The van der Waals surface area contributed by atoms with Crippen molar-refractivity contribution in [1.29, 1.82) is 0 Å². The van der Waals surface area contributed by atoms with Gasteiger partial charge in [0.2, 0.25) is 0 Å². The molecule has 0 amide bonds. The standard InChI is InChI=1S/C12H14ClNO2S2/c1-2-18(15,16)11-9(10(11)12(14)17)7-4-3-5-8(13)6-7/h3-6,9-11H,2H2,1H3,(H2,14,17). The maximum atomic E-state index is 12.0. The van der Waals surface area contributed by atoms with Crippen LogP contribution in [-0.2, 0) is 9.84 Å². The molecular weight excluding hydrogens is 290 g/mol. The van der Waals surface area contributed by atoms with E-state index in [9.17, 15) is 8.42 Å². The molecule has 3 nitrogen and oxygen atoms in total. The summed E-state index contributed by atoms with van der Waals surface area (Å²) in [4.78, 5) is 0.266. The van der Waals surface area contributed by atoms with Gasteiger partial charge in [0.15, 0.2) is 9.84 Å². The highest BCUT2D eigenvalue weighted by molar-refractivity contribution is 7.92. The summed E-state index contributed by atoms with van der Waals surface area (Å²) in [6.07, 6.45) is 0. The molecule has 1 aromatic carbocycles. The Hall–Kier alpha value is -0.650. The van der Waals surface area contributed by atoms with Crippen LogP contribution < -0.4 is 5.73 Å². The molecular formula is C12H14ClNO2S2. The SMILES string of the molecule is CCS(=O)(=O)C1C(C(N)=S)C1c1cccc(Cl)c1. The van der Waals surface area contributed by atoms with E-state index in [-0.39, 0.29) is 22.6 Å². The van der Waals surface area contributed by atoms with Gasteiger partial charge in [-0.3, -0.25) is 0 Å². The van der Waals surface area contributed by atoms with Gasteiger partial charge in [0, 0.05) is 22.6 Å². The van der Waals surface area contributed by atoms with Gasteiger partial charge in [-0.25, -0.2) is 8.42 Å². The molecule has 1 aliphatic rings. The third-order valence-electron chi connectivity index (χ3n) is 3.33. The van der Waals surface area contributed by atoms with Crippen molar-refractivity contribution in [3.63, 3.8) is 0 Å². The van der Waals surface area contributed by atoms with Crippen molar-refractivity contribution < 1.29 is 8.42 Å². The van der Waals surface area contributed by atoms with Crippen molar-refractivity contribution >= 4 is 38.6 Å². The summed E-state index contributed by atoms with van der Waals surface area (Å²) in [6, 6.07) is 7.21. The zero-order chi connectivity index (χ0) is 13.5. The van der Waals surface area contributed by atoms with Crippen LogP contribution in [0, 0.1) is 5.92 Å². The molecule has 2 rings (SSSR count). The van der Waals surface area contributed by atoms with Gasteiger partial charge in [0.05, 0.1) is 10.2 Å². The molecule has 0 bridgehead atoms. The maximum Gasteiger partial charge on any atom is 0.154 e. The van der Waals surface area contributed by atoms with E-state index in [0.717, 1.165) is 5.56 Å². The quantitative estimate of drug-likeness (QED) is 0.866. The number of thiocarbonyl (C=S) groups is 1. The third-order valence-corrected chi connectivity index (χ3v) is 6.06. The van der Waals surface area contributed by atoms with Crippen LogP contribution in [0.25, 0.3) is 0 Å². The van der Waals surface area contributed by atoms with E-state index in [0.29, 0.717) is 5.02 Å². The maximum absolute atomic E-state index is 12.0. The molecule has 2 N–H and O–H groups in total. The first-order valence-electron chi connectivity index (χ1n) is 5.65. The zero-order valence-electron chi connectivity index (χ0n) is 9.84. The van der Waals surface area contributed by atoms with Gasteiger partial charge < -0.3 is 5.73 Å². The lowest BCUT2D eigenvalue weighted by Crippen LogP contribution is -2.18. The Morgan fingerprint density at radius 2 is 2.17 bits per heavy atom. The van der Waals surface area contributed by atoms with E-state index in [1.165, 1.54) is 0 Å². The first-order valence-corrected chi connectivity index (χ1v) is 8.15. The Bertz CT molecular complexity index is 585. The van der Waals surface area contributed by atoms with Gasteiger partial charge in [-0.15, -0.1) is 0 Å². The zero-order valence-corrected chi connectivity index (χ0v) is 12.2. The molecule has 1 aromatic rings. The fraction of sp³-hybridized carbons (Fsp3) is 0.417. The average molecular weight is 304 g/mol. The van der Waals surface area contributed by atoms with Crippen LogP contribution in [0.1, 0.15) is 18.4 Å². The second kappa shape index (κ2) is 4.79. The van der Waals surface area contributed by atoms with Crippen LogP contribution in [0.15, 0.2) is 24.3 Å². The van der Waals surface area contributed by atoms with E-state index in [1.807, 2.05) is 12.1 Å². The minimum absolute atomic E-state index is 0.105. The number of benzene rings is 1. The van der Waals surface area contributed by atoms with E-state index in [4.69, 9.17) is 29.6 Å². The highest BCUT2D eigenvalue weighted by atomic mass is 35.5. The topological polar surface area (TPSA) is 60.2 Å². The molecule has 6 heteroatoms. The minimum atomic E-state index is -3.14. The highest BCUT2D eigenvalue weighted by Gasteiger charge is 2.59. The molecule has 3 atom stereocenters. The van der Waals surface area contributed by atoms with Crippen LogP contribution in [0.3, 0.4) is 0 Å². The van der Waals surface area contributed by atoms with Crippen molar-refractivity contribution in [2.24, 2.45) is 11.7 Å². The number of rotatable bonds is 4. The molecule has 0 heterocycles. The molecule has 0 aliphatic heterocycles. The average Bonchev–Trinajstić information content (AvgIpc) is 3.05. The Balaban J connectivity index is 2.37. The smallest absolute Gasteiger partial charge is 0.154 e. The summed E-state index contributed by atoms with van der Waals surface area (Å²) in [5.41, 5.74) is 6.53. The third kappa shape index (κ3) is 2.39. The van der Waals surface area contributed by atoms with Gasteiger partial charge in [-0.2, -0.15) is 0 Å². The normalized spacial score (nSPS) is 26.9. The fourth-order valence-electron chi connectivity index (χ4n) is 2.37. The number of nitrogens with two attached hydrogens (primary N) is 1. The molecule has 1 saturated carbocycles. The lowest BCUT2D eigenvalue weighted by molar-refractivity contribution is 0.594. The first kappa shape index (κ1) is 13.8. The molecule has 3 unspecified atom stereocenters. The van der Waals surface area contributed by atoms with Crippen molar-refractivity contribution in [2.75, 3.05) is 5.75 Å². The van der Waals surface area contributed by atoms with Crippen LogP contribution in [0.5, 0.6) is 0 Å². The van der Waals surface area contributed by atoms with Gasteiger partial charge >= 0.3 is 0 Å². The van der Waals surface area contributed by atoms with Crippen LogP contribution in [-0.4, -0.2) is 24.4 Å². The minimum Gasteiger partial charge on any atom is -0.393 e. The van der Waals surface area contributed by atoms with Crippen molar-refractivity contribution in [3.8, 4) is 0 Å². The molecule has 0 aromatic heterocycles. The number of hydrogen-bond donors (Lipinski definition) is 1. The van der Waals surface area contributed by atoms with Gasteiger partial charge in [-0.05, 0) is 17.7 Å². The Kier molecular flexibility index (Phi) is 3.67. The van der Waals surface area contributed by atoms with Gasteiger partial charge in [0.25, 0.3) is 0 Å². The number of sulfone groups is 1. The number of hydrogen-bond acceptors (Lipinski definition) is 3. The predicted molar refractivity (Wildman–Crippen MR) is 77.7 cm³/mol. The van der Waals surface area contributed by atoms with E-state index >= 15 is 0 Å². The summed E-state index contributed by atoms with van der Waals surface area (Å²) < 4.78 is 24.0. The Labute approximate surface area is 117 Å². The molecule has 18 heavy (non-hydrogen) atoms. The summed E-state index contributed by atoms with van der Waals surface area (Å²) in [5.74, 6) is -0.303. The van der Waals surface area contributed by atoms with E-state index in [1.54, 1.807) is 19.1 Å². The molecule has 0 saturated heterocycles. The van der Waals surface area contributed by atoms with Crippen LogP contribution in [0.2, 0.25) is 5.02 Å². The largest absolute Gasteiger partial charge is 0.393 e. The van der Waals surface area contributed by atoms with Crippen molar-refractivity contribution in [1.82, 2.24) is 0 Å².